The number of rotatable bonds is 4. The zero-order valence-corrected chi connectivity index (χ0v) is 8.80. The molecular formula is C10H15ClN2. The Morgan fingerprint density at radius 1 is 1.62 bits per heavy atom. The van der Waals surface area contributed by atoms with E-state index in [1.54, 1.807) is 6.20 Å². The minimum Gasteiger partial charge on any atom is -0.383 e. The second-order valence-corrected chi connectivity index (χ2v) is 3.69. The lowest BCUT2D eigenvalue weighted by Gasteiger charge is -2.11. The molecule has 0 aliphatic carbocycles. The number of anilines is 1. The van der Waals surface area contributed by atoms with E-state index >= 15 is 0 Å². The lowest BCUT2D eigenvalue weighted by molar-refractivity contribution is 0.843. The number of aromatic nitrogens is 1. The van der Waals surface area contributed by atoms with Crippen molar-refractivity contribution >= 4 is 17.3 Å². The van der Waals surface area contributed by atoms with Crippen LogP contribution in [0, 0.1) is 6.92 Å². The summed E-state index contributed by atoms with van der Waals surface area (Å²) in [6.07, 6.45) is 4.61. The second-order valence-electron chi connectivity index (χ2n) is 3.08. The fraction of sp³-hybridized carbons (Fsp3) is 0.500. The smallest absolute Gasteiger partial charge is 0.0506 e. The zero-order valence-electron chi connectivity index (χ0n) is 8.05. The van der Waals surface area contributed by atoms with Crippen molar-refractivity contribution in [3.05, 3.63) is 24.0 Å². The average molecular weight is 199 g/mol. The molecule has 0 saturated carbocycles. The largest absolute Gasteiger partial charge is 0.383 e. The highest BCUT2D eigenvalue weighted by molar-refractivity contribution is 6.20. The molecule has 0 amide bonds. The van der Waals surface area contributed by atoms with Crippen LogP contribution < -0.4 is 5.32 Å². The van der Waals surface area contributed by atoms with Crippen LogP contribution in [0.3, 0.4) is 0 Å². The molecule has 2 nitrogen and oxygen atoms in total. The van der Waals surface area contributed by atoms with E-state index in [2.05, 4.69) is 17.2 Å². The normalized spacial score (nSPS) is 12.5. The molecule has 1 rings (SSSR count). The van der Waals surface area contributed by atoms with Gasteiger partial charge in [0, 0.05) is 24.6 Å². The zero-order chi connectivity index (χ0) is 9.68. The topological polar surface area (TPSA) is 24.9 Å². The summed E-state index contributed by atoms with van der Waals surface area (Å²) in [6.45, 7) is 4.92. The van der Waals surface area contributed by atoms with Crippen LogP contribution >= 0.6 is 11.6 Å². The molecule has 0 spiro atoms. The van der Waals surface area contributed by atoms with E-state index in [9.17, 15) is 0 Å². The van der Waals surface area contributed by atoms with Crippen LogP contribution in [-0.2, 0) is 0 Å². The Morgan fingerprint density at radius 3 is 3.00 bits per heavy atom. The predicted molar refractivity (Wildman–Crippen MR) is 57.4 cm³/mol. The fourth-order valence-corrected chi connectivity index (χ4v) is 1.11. The molecule has 13 heavy (non-hydrogen) atoms. The Kier molecular flexibility index (Phi) is 4.03. The molecule has 1 atom stereocenters. The molecule has 1 N–H and O–H groups in total. The summed E-state index contributed by atoms with van der Waals surface area (Å²) < 4.78 is 0. The van der Waals surface area contributed by atoms with E-state index in [1.165, 1.54) is 0 Å². The van der Waals surface area contributed by atoms with Crippen LogP contribution in [0.1, 0.15) is 18.9 Å². The van der Waals surface area contributed by atoms with Crippen LogP contribution in [0.5, 0.6) is 0 Å². The maximum atomic E-state index is 5.99. The summed E-state index contributed by atoms with van der Waals surface area (Å²) in [7, 11) is 0. The van der Waals surface area contributed by atoms with Crippen molar-refractivity contribution in [1.29, 1.82) is 0 Å². The number of pyridine rings is 1. The molecule has 0 aromatic carbocycles. The summed E-state index contributed by atoms with van der Waals surface area (Å²) >= 11 is 5.99. The summed E-state index contributed by atoms with van der Waals surface area (Å²) in [5, 5.41) is 3.49. The van der Waals surface area contributed by atoms with Gasteiger partial charge < -0.3 is 5.32 Å². The number of nitrogens with one attached hydrogen (secondary N) is 1. The Morgan fingerprint density at radius 2 is 2.38 bits per heavy atom. The second kappa shape index (κ2) is 5.07. The van der Waals surface area contributed by atoms with Gasteiger partial charge in [0.25, 0.3) is 0 Å². The van der Waals surface area contributed by atoms with E-state index < -0.39 is 0 Å². The van der Waals surface area contributed by atoms with Gasteiger partial charge in [-0.3, -0.25) is 4.98 Å². The van der Waals surface area contributed by atoms with Crippen molar-refractivity contribution in [2.24, 2.45) is 0 Å². The SMILES string of the molecule is CCC(Cl)CNc1ccncc1C. The Labute approximate surface area is 84.3 Å². The van der Waals surface area contributed by atoms with Crippen LogP contribution in [0.15, 0.2) is 18.5 Å². The van der Waals surface area contributed by atoms with E-state index in [0.717, 1.165) is 24.2 Å². The fourth-order valence-electron chi connectivity index (χ4n) is 1.04. The van der Waals surface area contributed by atoms with Crippen LogP contribution in [0.25, 0.3) is 0 Å². The summed E-state index contributed by atoms with van der Waals surface area (Å²) in [5.41, 5.74) is 2.27. The van der Waals surface area contributed by atoms with E-state index in [0.29, 0.717) is 0 Å². The minimum absolute atomic E-state index is 0.201. The molecule has 1 unspecified atom stereocenters. The van der Waals surface area contributed by atoms with Crippen molar-refractivity contribution in [3.8, 4) is 0 Å². The van der Waals surface area contributed by atoms with Gasteiger partial charge in [0.15, 0.2) is 0 Å². The van der Waals surface area contributed by atoms with Crippen LogP contribution in [0.4, 0.5) is 5.69 Å². The maximum Gasteiger partial charge on any atom is 0.0506 e. The van der Waals surface area contributed by atoms with E-state index in [4.69, 9.17) is 11.6 Å². The van der Waals surface area contributed by atoms with E-state index in [-0.39, 0.29) is 5.38 Å². The molecule has 3 heteroatoms. The van der Waals surface area contributed by atoms with Gasteiger partial charge in [0.2, 0.25) is 0 Å². The first-order valence-corrected chi connectivity index (χ1v) is 4.96. The van der Waals surface area contributed by atoms with Gasteiger partial charge in [-0.1, -0.05) is 6.92 Å². The molecule has 1 heterocycles. The van der Waals surface area contributed by atoms with Gasteiger partial charge in [-0.05, 0) is 25.0 Å². The molecule has 0 aliphatic heterocycles. The minimum atomic E-state index is 0.201. The quantitative estimate of drug-likeness (QED) is 0.753. The van der Waals surface area contributed by atoms with Gasteiger partial charge >= 0.3 is 0 Å². The maximum absolute atomic E-state index is 5.99. The standard InChI is InChI=1S/C10H15ClN2/c1-3-9(11)7-13-10-4-5-12-6-8(10)2/h4-6,9H,3,7H2,1-2H3,(H,12,13). The number of hydrogen-bond donors (Lipinski definition) is 1. The van der Waals surface area contributed by atoms with Crippen LogP contribution in [0.2, 0.25) is 0 Å². The van der Waals surface area contributed by atoms with Gasteiger partial charge in [0.1, 0.15) is 0 Å². The lowest BCUT2D eigenvalue weighted by atomic mass is 10.2. The molecule has 72 valence electrons. The third-order valence-corrected chi connectivity index (χ3v) is 2.44. The Hall–Kier alpha value is -0.760. The molecule has 0 radical (unpaired) electrons. The van der Waals surface area contributed by atoms with Gasteiger partial charge in [-0.2, -0.15) is 0 Å². The number of hydrogen-bond acceptors (Lipinski definition) is 2. The molecule has 0 bridgehead atoms. The monoisotopic (exact) mass is 198 g/mol. The number of alkyl halides is 1. The first-order chi connectivity index (χ1) is 6.24. The first kappa shape index (κ1) is 10.3. The van der Waals surface area contributed by atoms with Crippen molar-refractivity contribution in [2.45, 2.75) is 25.6 Å². The lowest BCUT2D eigenvalue weighted by Crippen LogP contribution is -2.13. The Bertz CT molecular complexity index is 263. The first-order valence-electron chi connectivity index (χ1n) is 4.52. The summed E-state index contributed by atoms with van der Waals surface area (Å²) in [4.78, 5) is 4.02. The highest BCUT2D eigenvalue weighted by Crippen LogP contribution is 2.12. The van der Waals surface area contributed by atoms with Crippen molar-refractivity contribution in [2.75, 3.05) is 11.9 Å². The highest BCUT2D eigenvalue weighted by atomic mass is 35.5. The number of nitrogens with zero attached hydrogens (tertiary/aromatic N) is 1. The summed E-state index contributed by atoms with van der Waals surface area (Å²) in [5.74, 6) is 0. The van der Waals surface area contributed by atoms with Crippen LogP contribution in [-0.4, -0.2) is 16.9 Å². The predicted octanol–water partition coefficient (Wildman–Crippen LogP) is 2.82. The molecule has 0 aliphatic rings. The molecule has 1 aromatic heterocycles. The van der Waals surface area contributed by atoms with Crippen molar-refractivity contribution in [1.82, 2.24) is 4.98 Å². The average Bonchev–Trinajstić information content (AvgIpc) is 2.16. The van der Waals surface area contributed by atoms with Gasteiger partial charge in [-0.25, -0.2) is 0 Å². The Balaban J connectivity index is 2.50. The number of aryl methyl sites for hydroxylation is 1. The number of halogens is 1. The third-order valence-electron chi connectivity index (χ3n) is 1.98. The summed E-state index contributed by atoms with van der Waals surface area (Å²) in [6, 6.07) is 1.97. The van der Waals surface area contributed by atoms with Crippen molar-refractivity contribution in [3.63, 3.8) is 0 Å². The van der Waals surface area contributed by atoms with Gasteiger partial charge in [-0.15, -0.1) is 11.6 Å². The molecule has 1 aromatic rings. The van der Waals surface area contributed by atoms with E-state index in [1.807, 2.05) is 19.2 Å². The highest BCUT2D eigenvalue weighted by Gasteiger charge is 2.01. The molecular weight excluding hydrogens is 184 g/mol. The molecule has 0 saturated heterocycles. The van der Waals surface area contributed by atoms with Crippen molar-refractivity contribution < 1.29 is 0 Å². The van der Waals surface area contributed by atoms with Gasteiger partial charge in [0.05, 0.1) is 5.38 Å². The third kappa shape index (κ3) is 3.23. The molecule has 0 fully saturated rings.